The second kappa shape index (κ2) is 9.21. The van der Waals surface area contributed by atoms with Crippen molar-refractivity contribution >= 4 is 17.2 Å². The van der Waals surface area contributed by atoms with E-state index in [1.54, 1.807) is 23.5 Å². The highest BCUT2D eigenvalue weighted by Gasteiger charge is 2.19. The third-order valence-corrected chi connectivity index (χ3v) is 5.40. The molecule has 1 atom stereocenters. The van der Waals surface area contributed by atoms with Gasteiger partial charge in [-0.25, -0.2) is 9.37 Å². The summed E-state index contributed by atoms with van der Waals surface area (Å²) in [6.45, 7) is 6.60. The van der Waals surface area contributed by atoms with Crippen LogP contribution in [0.3, 0.4) is 0 Å². The van der Waals surface area contributed by atoms with Gasteiger partial charge in [0.2, 0.25) is 5.91 Å². The van der Waals surface area contributed by atoms with Gasteiger partial charge in [-0.1, -0.05) is 19.1 Å². The first-order valence-electron chi connectivity index (χ1n) is 8.92. The quantitative estimate of drug-likeness (QED) is 0.806. The van der Waals surface area contributed by atoms with Gasteiger partial charge in [0.05, 0.1) is 31.4 Å². The highest BCUT2D eigenvalue weighted by Crippen LogP contribution is 2.20. The van der Waals surface area contributed by atoms with Crippen LogP contribution in [0.15, 0.2) is 29.6 Å². The Morgan fingerprint density at radius 3 is 2.77 bits per heavy atom. The van der Waals surface area contributed by atoms with Gasteiger partial charge in [-0.15, -0.1) is 11.3 Å². The van der Waals surface area contributed by atoms with Crippen LogP contribution in [0.2, 0.25) is 0 Å². The Balaban J connectivity index is 1.52. The second-order valence-electron chi connectivity index (χ2n) is 6.35. The molecule has 5 nitrogen and oxygen atoms in total. The fraction of sp³-hybridized carbons (Fsp3) is 0.474. The molecular formula is C19H24FN3O2S. The Morgan fingerprint density at radius 1 is 1.35 bits per heavy atom. The standard InChI is InChI=1S/C19H24FN3O2S/c1-2-17(14-3-5-15(20)6-4-14)19(24)21-11-18-22-16(13-26-18)12-23-7-9-25-10-8-23/h3-6,13,17H,2,7-12H2,1H3,(H,21,24). The molecule has 0 saturated carbocycles. The van der Waals surface area contributed by atoms with Crippen LogP contribution in [0.5, 0.6) is 0 Å². The maximum Gasteiger partial charge on any atom is 0.227 e. The molecular weight excluding hydrogens is 353 g/mol. The Kier molecular flexibility index (Phi) is 6.71. The molecule has 0 bridgehead atoms. The second-order valence-corrected chi connectivity index (χ2v) is 7.29. The minimum atomic E-state index is -0.292. The van der Waals surface area contributed by atoms with E-state index in [1.165, 1.54) is 12.1 Å². The van der Waals surface area contributed by atoms with Crippen molar-refractivity contribution in [2.45, 2.75) is 32.4 Å². The lowest BCUT2D eigenvalue weighted by molar-refractivity contribution is -0.122. The first kappa shape index (κ1) is 18.9. The molecule has 2 heterocycles. The minimum Gasteiger partial charge on any atom is -0.379 e. The highest BCUT2D eigenvalue weighted by molar-refractivity contribution is 7.09. The van der Waals surface area contributed by atoms with Crippen LogP contribution >= 0.6 is 11.3 Å². The zero-order chi connectivity index (χ0) is 18.4. The Bertz CT molecular complexity index is 714. The molecule has 1 aliphatic rings. The number of rotatable bonds is 7. The van der Waals surface area contributed by atoms with Gasteiger partial charge in [0.15, 0.2) is 0 Å². The lowest BCUT2D eigenvalue weighted by Crippen LogP contribution is -2.35. The molecule has 1 aromatic carbocycles. The first-order valence-corrected chi connectivity index (χ1v) is 9.80. The summed E-state index contributed by atoms with van der Waals surface area (Å²) in [6.07, 6.45) is 0.664. The number of carbonyl (C=O) groups excluding carboxylic acids is 1. The summed E-state index contributed by atoms with van der Waals surface area (Å²) in [6, 6.07) is 6.13. The summed E-state index contributed by atoms with van der Waals surface area (Å²) in [4.78, 5) is 19.4. The third-order valence-electron chi connectivity index (χ3n) is 4.50. The van der Waals surface area contributed by atoms with E-state index in [-0.39, 0.29) is 17.6 Å². The van der Waals surface area contributed by atoms with E-state index in [0.717, 1.165) is 49.1 Å². The summed E-state index contributed by atoms with van der Waals surface area (Å²) in [5, 5.41) is 5.91. The summed E-state index contributed by atoms with van der Waals surface area (Å²) >= 11 is 1.56. The predicted octanol–water partition coefficient (Wildman–Crippen LogP) is 2.92. The van der Waals surface area contributed by atoms with Gasteiger partial charge in [-0.05, 0) is 24.1 Å². The van der Waals surface area contributed by atoms with E-state index in [4.69, 9.17) is 4.74 Å². The molecule has 1 N–H and O–H groups in total. The number of amides is 1. The van der Waals surface area contributed by atoms with Gasteiger partial charge >= 0.3 is 0 Å². The van der Waals surface area contributed by atoms with E-state index in [2.05, 4.69) is 15.2 Å². The van der Waals surface area contributed by atoms with Crippen LogP contribution in [0.25, 0.3) is 0 Å². The smallest absolute Gasteiger partial charge is 0.227 e. The van der Waals surface area contributed by atoms with E-state index in [9.17, 15) is 9.18 Å². The third kappa shape index (κ3) is 5.09. The molecule has 0 spiro atoms. The number of morpholine rings is 1. The average molecular weight is 377 g/mol. The van der Waals surface area contributed by atoms with Crippen molar-refractivity contribution in [1.29, 1.82) is 0 Å². The van der Waals surface area contributed by atoms with Crippen LogP contribution in [0.1, 0.15) is 35.5 Å². The number of benzene rings is 1. The van der Waals surface area contributed by atoms with Crippen molar-refractivity contribution in [1.82, 2.24) is 15.2 Å². The summed E-state index contributed by atoms with van der Waals surface area (Å²) in [7, 11) is 0. The van der Waals surface area contributed by atoms with Gasteiger partial charge in [-0.3, -0.25) is 9.69 Å². The number of hydrogen-bond acceptors (Lipinski definition) is 5. The lowest BCUT2D eigenvalue weighted by Gasteiger charge is -2.25. The van der Waals surface area contributed by atoms with Crippen molar-refractivity contribution in [3.05, 3.63) is 51.7 Å². The number of aromatic nitrogens is 1. The molecule has 1 fully saturated rings. The van der Waals surface area contributed by atoms with E-state index >= 15 is 0 Å². The molecule has 2 aromatic rings. The first-order chi connectivity index (χ1) is 12.7. The Morgan fingerprint density at radius 2 is 2.08 bits per heavy atom. The summed E-state index contributed by atoms with van der Waals surface area (Å²) < 4.78 is 18.4. The molecule has 1 saturated heterocycles. The molecule has 3 rings (SSSR count). The SMILES string of the molecule is CCC(C(=O)NCc1nc(CN2CCOCC2)cs1)c1ccc(F)cc1. The van der Waals surface area contributed by atoms with E-state index < -0.39 is 0 Å². The molecule has 26 heavy (non-hydrogen) atoms. The number of nitrogens with zero attached hydrogens (tertiary/aromatic N) is 2. The topological polar surface area (TPSA) is 54.5 Å². The largest absolute Gasteiger partial charge is 0.379 e. The van der Waals surface area contributed by atoms with Crippen molar-refractivity contribution in [3.8, 4) is 0 Å². The van der Waals surface area contributed by atoms with Gasteiger partial charge in [0, 0.05) is 25.0 Å². The van der Waals surface area contributed by atoms with Crippen LogP contribution < -0.4 is 5.32 Å². The molecule has 0 aliphatic carbocycles. The number of ether oxygens (including phenoxy) is 1. The number of hydrogen-bond donors (Lipinski definition) is 1. The van der Waals surface area contributed by atoms with Crippen molar-refractivity contribution in [2.24, 2.45) is 0 Å². The van der Waals surface area contributed by atoms with Crippen LogP contribution in [0, 0.1) is 5.82 Å². The van der Waals surface area contributed by atoms with Crippen molar-refractivity contribution < 1.29 is 13.9 Å². The Labute approximate surface area is 157 Å². The van der Waals surface area contributed by atoms with Crippen LogP contribution in [0.4, 0.5) is 4.39 Å². The van der Waals surface area contributed by atoms with Gasteiger partial charge < -0.3 is 10.1 Å². The monoisotopic (exact) mass is 377 g/mol. The van der Waals surface area contributed by atoms with E-state index in [1.807, 2.05) is 12.3 Å². The van der Waals surface area contributed by atoms with E-state index in [0.29, 0.717) is 13.0 Å². The molecule has 1 aliphatic heterocycles. The molecule has 1 unspecified atom stereocenters. The van der Waals surface area contributed by atoms with Crippen molar-refractivity contribution in [2.75, 3.05) is 26.3 Å². The summed E-state index contributed by atoms with van der Waals surface area (Å²) in [5.41, 5.74) is 1.87. The molecule has 0 radical (unpaired) electrons. The molecule has 1 amide bonds. The lowest BCUT2D eigenvalue weighted by atomic mass is 9.95. The minimum absolute atomic E-state index is 0.0518. The normalized spacial score (nSPS) is 16.4. The predicted molar refractivity (Wildman–Crippen MR) is 99.5 cm³/mol. The molecule has 7 heteroatoms. The highest BCUT2D eigenvalue weighted by atomic mass is 32.1. The molecule has 1 aromatic heterocycles. The van der Waals surface area contributed by atoms with Gasteiger partial charge in [-0.2, -0.15) is 0 Å². The average Bonchev–Trinajstić information content (AvgIpc) is 3.10. The fourth-order valence-electron chi connectivity index (χ4n) is 3.04. The van der Waals surface area contributed by atoms with Gasteiger partial charge in [0.25, 0.3) is 0 Å². The molecule has 140 valence electrons. The maximum atomic E-state index is 13.1. The number of nitrogens with one attached hydrogen (secondary N) is 1. The summed E-state index contributed by atoms with van der Waals surface area (Å²) in [5.74, 6) is -0.619. The number of halogens is 1. The van der Waals surface area contributed by atoms with Crippen LogP contribution in [-0.2, 0) is 22.6 Å². The number of thiazole rings is 1. The zero-order valence-corrected chi connectivity index (χ0v) is 15.7. The number of carbonyl (C=O) groups is 1. The van der Waals surface area contributed by atoms with Gasteiger partial charge in [0.1, 0.15) is 10.8 Å². The maximum absolute atomic E-state index is 13.1. The zero-order valence-electron chi connectivity index (χ0n) is 14.9. The fourth-order valence-corrected chi connectivity index (χ4v) is 3.77. The van der Waals surface area contributed by atoms with Crippen LogP contribution in [-0.4, -0.2) is 42.1 Å². The Hall–Kier alpha value is -1.83. The van der Waals surface area contributed by atoms with Crippen molar-refractivity contribution in [3.63, 3.8) is 0 Å².